The highest BCUT2D eigenvalue weighted by molar-refractivity contribution is 8.15. The normalized spacial score (nSPS) is 16.1. The molecule has 182 valence electrons. The minimum absolute atomic E-state index is 0.0337. The number of rotatable bonds is 9. The van der Waals surface area contributed by atoms with Gasteiger partial charge in [0, 0.05) is 18.7 Å². The molecule has 3 rings (SSSR count). The van der Waals surface area contributed by atoms with Crippen LogP contribution in [-0.2, 0) is 14.3 Å². The van der Waals surface area contributed by atoms with E-state index < -0.39 is 23.0 Å². The molecule has 0 aromatic heterocycles. The summed E-state index contributed by atoms with van der Waals surface area (Å²) in [5.74, 6) is -2.05. The van der Waals surface area contributed by atoms with Crippen molar-refractivity contribution in [2.75, 3.05) is 18.5 Å². The Kier molecular flexibility index (Phi) is 8.63. The van der Waals surface area contributed by atoms with Crippen LogP contribution < -0.4 is 10.7 Å². The van der Waals surface area contributed by atoms with Crippen molar-refractivity contribution >= 4 is 46.3 Å². The van der Waals surface area contributed by atoms with Crippen LogP contribution in [-0.4, -0.2) is 57.3 Å². The molecule has 1 heterocycles. The lowest BCUT2D eigenvalue weighted by molar-refractivity contribution is -0.127. The maximum absolute atomic E-state index is 12.8. The number of anilines is 1. The van der Waals surface area contributed by atoms with Gasteiger partial charge in [-0.25, -0.2) is 10.2 Å². The van der Waals surface area contributed by atoms with Crippen molar-refractivity contribution in [2.24, 2.45) is 5.10 Å². The van der Waals surface area contributed by atoms with Crippen LogP contribution in [0.1, 0.15) is 34.1 Å². The Balaban J connectivity index is 1.64. The summed E-state index contributed by atoms with van der Waals surface area (Å²) in [6, 6.07) is 12.2. The summed E-state index contributed by atoms with van der Waals surface area (Å²) in [5.41, 5.74) is 3.19. The predicted octanol–water partition coefficient (Wildman–Crippen LogP) is 2.73. The molecular weight excluding hydrogens is 472 g/mol. The highest BCUT2D eigenvalue weighted by Gasteiger charge is 2.39. The number of hydrogen-bond donors (Lipinski definition) is 3. The second kappa shape index (κ2) is 11.8. The first-order valence-electron chi connectivity index (χ1n) is 10.7. The fourth-order valence-electron chi connectivity index (χ4n) is 3.13. The van der Waals surface area contributed by atoms with Gasteiger partial charge < -0.3 is 15.2 Å². The average molecular weight is 497 g/mol. The van der Waals surface area contributed by atoms with E-state index in [0.29, 0.717) is 11.3 Å². The lowest BCUT2D eigenvalue weighted by Crippen LogP contribution is -2.34. The van der Waals surface area contributed by atoms with Crippen molar-refractivity contribution in [1.29, 1.82) is 0 Å². The molecule has 2 aromatic carbocycles. The molecule has 1 atom stereocenters. The molecule has 1 aliphatic heterocycles. The maximum atomic E-state index is 12.8. The molecule has 1 aliphatic rings. The van der Waals surface area contributed by atoms with Gasteiger partial charge in [-0.2, -0.15) is 0 Å². The zero-order valence-electron chi connectivity index (χ0n) is 18.9. The topological polar surface area (TPSA) is 137 Å². The Morgan fingerprint density at radius 1 is 1.20 bits per heavy atom. The van der Waals surface area contributed by atoms with E-state index in [4.69, 9.17) is 4.74 Å². The molecule has 3 N–H and O–H groups in total. The van der Waals surface area contributed by atoms with Crippen molar-refractivity contribution in [2.45, 2.75) is 18.6 Å². The molecule has 0 saturated carbocycles. The second-order valence-electron chi connectivity index (χ2n) is 7.25. The number of thioether (sulfide) groups is 1. The number of hydrogen-bond acceptors (Lipinski definition) is 8. The highest BCUT2D eigenvalue weighted by Crippen LogP contribution is 2.30. The van der Waals surface area contributed by atoms with Gasteiger partial charge in [-0.15, -0.1) is 11.7 Å². The lowest BCUT2D eigenvalue weighted by Gasteiger charge is -2.13. The van der Waals surface area contributed by atoms with Gasteiger partial charge in [0.1, 0.15) is 11.0 Å². The number of amides is 3. The third-order valence-corrected chi connectivity index (χ3v) is 5.96. The van der Waals surface area contributed by atoms with Gasteiger partial charge in [-0.1, -0.05) is 30.0 Å². The maximum Gasteiger partial charge on any atom is 0.338 e. The zero-order chi connectivity index (χ0) is 25.4. The first-order valence-corrected chi connectivity index (χ1v) is 11.5. The third kappa shape index (κ3) is 6.48. The Labute approximate surface area is 206 Å². The number of benzene rings is 2. The predicted molar refractivity (Wildman–Crippen MR) is 132 cm³/mol. The van der Waals surface area contributed by atoms with E-state index in [1.54, 1.807) is 31.2 Å². The number of esters is 1. The molecule has 0 spiro atoms. The molecule has 1 unspecified atom stereocenters. The van der Waals surface area contributed by atoms with Crippen molar-refractivity contribution < 1.29 is 29.0 Å². The Morgan fingerprint density at radius 2 is 1.91 bits per heavy atom. The van der Waals surface area contributed by atoms with E-state index in [0.717, 1.165) is 11.8 Å². The molecule has 3 amide bonds. The van der Waals surface area contributed by atoms with Gasteiger partial charge in [0.2, 0.25) is 11.8 Å². The molecule has 1 saturated heterocycles. The van der Waals surface area contributed by atoms with Crippen molar-refractivity contribution in [1.82, 2.24) is 10.3 Å². The smallest absolute Gasteiger partial charge is 0.338 e. The summed E-state index contributed by atoms with van der Waals surface area (Å²) in [7, 11) is 0. The molecule has 0 radical (unpaired) electrons. The van der Waals surface area contributed by atoms with Crippen LogP contribution in [0, 0.1) is 0 Å². The van der Waals surface area contributed by atoms with Crippen LogP contribution in [0.25, 0.3) is 0 Å². The number of carbonyl (C=O) groups excluding carboxylic acids is 4. The van der Waals surface area contributed by atoms with Gasteiger partial charge in [-0.3, -0.25) is 19.3 Å². The molecule has 35 heavy (non-hydrogen) atoms. The van der Waals surface area contributed by atoms with Crippen molar-refractivity contribution in [3.63, 3.8) is 0 Å². The number of amidine groups is 1. The van der Waals surface area contributed by atoms with E-state index in [2.05, 4.69) is 22.4 Å². The average Bonchev–Trinajstić information content (AvgIpc) is 3.12. The number of aromatic hydroxyl groups is 1. The quantitative estimate of drug-likeness (QED) is 0.276. The number of ether oxygens (including phenoxy) is 1. The Bertz CT molecular complexity index is 1160. The molecule has 11 heteroatoms. The lowest BCUT2D eigenvalue weighted by atomic mass is 10.2. The molecule has 10 nitrogen and oxygen atoms in total. The number of phenolic OH excluding ortho intramolecular Hbond substituents is 1. The summed E-state index contributed by atoms with van der Waals surface area (Å²) in [6.07, 6.45) is 1.37. The fraction of sp³-hybridized carbons (Fsp3) is 0.208. The van der Waals surface area contributed by atoms with E-state index in [1.807, 2.05) is 0 Å². The van der Waals surface area contributed by atoms with Crippen molar-refractivity contribution in [3.05, 3.63) is 72.3 Å². The Morgan fingerprint density at radius 3 is 2.57 bits per heavy atom. The van der Waals surface area contributed by atoms with Gasteiger partial charge in [0.05, 0.1) is 17.7 Å². The third-order valence-electron chi connectivity index (χ3n) is 4.78. The molecule has 0 bridgehead atoms. The number of para-hydroxylation sites is 1. The largest absolute Gasteiger partial charge is 0.507 e. The van der Waals surface area contributed by atoms with Gasteiger partial charge in [0.25, 0.3) is 5.91 Å². The van der Waals surface area contributed by atoms with Gasteiger partial charge in [-0.05, 0) is 43.3 Å². The number of nitrogens with one attached hydrogen (secondary N) is 2. The standard InChI is InChI=1S/C24H24N4O6S/c1-3-13-28-22(32)19(35-24(28)27-26-21(31)17-7-5-6-8-18(17)29)14-20(30)25-16-11-9-15(10-12-16)23(33)34-4-2/h3,5-12,19,29H,1,4,13-14H2,2H3,(H,25,30)(H,26,31)/b27-24+. The van der Waals surface area contributed by atoms with Crippen molar-refractivity contribution in [3.8, 4) is 5.75 Å². The highest BCUT2D eigenvalue weighted by atomic mass is 32.2. The number of phenols is 1. The monoisotopic (exact) mass is 496 g/mol. The molecule has 0 aliphatic carbocycles. The van der Waals surface area contributed by atoms with E-state index in [1.165, 1.54) is 35.2 Å². The number of hydrazone groups is 1. The fourth-order valence-corrected chi connectivity index (χ4v) is 4.24. The first kappa shape index (κ1) is 25.5. The molecular formula is C24H24N4O6S. The summed E-state index contributed by atoms with van der Waals surface area (Å²) in [5, 5.41) is 16.0. The minimum Gasteiger partial charge on any atom is -0.507 e. The SMILES string of the molecule is C=CCN1C(=O)C(CC(=O)Nc2ccc(C(=O)OCC)cc2)S/C1=N/NC(=O)c1ccccc1O. The summed E-state index contributed by atoms with van der Waals surface area (Å²) in [6.45, 7) is 5.75. The number of nitrogens with zero attached hydrogens (tertiary/aromatic N) is 2. The van der Waals surface area contributed by atoms with Crippen LogP contribution in [0.15, 0.2) is 66.3 Å². The van der Waals surface area contributed by atoms with Crippen LogP contribution in [0.3, 0.4) is 0 Å². The summed E-state index contributed by atoms with van der Waals surface area (Å²) < 4.78 is 4.93. The van der Waals surface area contributed by atoms with E-state index >= 15 is 0 Å². The number of carbonyl (C=O) groups is 4. The van der Waals surface area contributed by atoms with Crippen LogP contribution in [0.5, 0.6) is 5.75 Å². The van der Waals surface area contributed by atoms with E-state index in [9.17, 15) is 24.3 Å². The molecule has 1 fully saturated rings. The van der Waals surface area contributed by atoms with Gasteiger partial charge in [0.15, 0.2) is 5.17 Å². The van der Waals surface area contributed by atoms with Gasteiger partial charge >= 0.3 is 5.97 Å². The Hall–Kier alpha value is -4.12. The summed E-state index contributed by atoms with van der Waals surface area (Å²) >= 11 is 1.04. The van der Waals surface area contributed by atoms with E-state index in [-0.39, 0.29) is 42.0 Å². The van der Waals surface area contributed by atoms with Crippen LogP contribution in [0.2, 0.25) is 0 Å². The minimum atomic E-state index is -0.755. The van der Waals surface area contributed by atoms with Crippen LogP contribution in [0.4, 0.5) is 5.69 Å². The summed E-state index contributed by atoms with van der Waals surface area (Å²) in [4.78, 5) is 50.8. The zero-order valence-corrected chi connectivity index (χ0v) is 19.7. The second-order valence-corrected chi connectivity index (χ2v) is 8.42. The first-order chi connectivity index (χ1) is 16.8. The van der Waals surface area contributed by atoms with Crippen LogP contribution >= 0.6 is 11.8 Å². The molecule has 2 aromatic rings.